The van der Waals surface area contributed by atoms with Crippen LogP contribution in [0.4, 0.5) is 0 Å². The lowest BCUT2D eigenvalue weighted by Crippen LogP contribution is -2.07. The summed E-state index contributed by atoms with van der Waals surface area (Å²) in [7, 11) is 1.56. The lowest BCUT2D eigenvalue weighted by molar-refractivity contribution is 0.0989. The predicted molar refractivity (Wildman–Crippen MR) is 77.7 cm³/mol. The minimum Gasteiger partial charge on any atom is -0.496 e. The summed E-state index contributed by atoms with van der Waals surface area (Å²) >= 11 is 3.36. The number of hydrogen-bond acceptors (Lipinski definition) is 3. The van der Waals surface area contributed by atoms with Crippen LogP contribution in [0.5, 0.6) is 5.75 Å². The predicted octanol–water partition coefficient (Wildman–Crippen LogP) is 3.59. The second-order valence-corrected chi connectivity index (χ2v) is 5.19. The Morgan fingerprint density at radius 2 is 2.11 bits per heavy atom. The van der Waals surface area contributed by atoms with Crippen molar-refractivity contribution in [2.24, 2.45) is 0 Å². The Hall–Kier alpha value is -1.68. The number of carbonyl (C=O) groups is 1. The molecule has 1 heterocycles. The molecule has 0 aliphatic carbocycles. The molecule has 0 fully saturated rings. The van der Waals surface area contributed by atoms with Gasteiger partial charge in [-0.1, -0.05) is 22.0 Å². The molecule has 0 spiro atoms. The van der Waals surface area contributed by atoms with E-state index in [0.29, 0.717) is 11.3 Å². The van der Waals surface area contributed by atoms with Crippen molar-refractivity contribution in [1.82, 2.24) is 4.98 Å². The molecule has 3 nitrogen and oxygen atoms in total. The number of pyridine rings is 1. The molecule has 0 N–H and O–H groups in total. The molecule has 0 saturated heterocycles. The van der Waals surface area contributed by atoms with Crippen LogP contribution in [-0.4, -0.2) is 17.9 Å². The molecule has 0 aliphatic rings. The second kappa shape index (κ2) is 5.97. The zero-order valence-electron chi connectivity index (χ0n) is 10.8. The number of rotatable bonds is 4. The molecule has 2 rings (SSSR count). The average Bonchev–Trinajstić information content (AvgIpc) is 2.41. The Morgan fingerprint density at radius 1 is 1.32 bits per heavy atom. The number of halogens is 1. The van der Waals surface area contributed by atoms with Gasteiger partial charge in [0.15, 0.2) is 5.78 Å². The van der Waals surface area contributed by atoms with Crippen LogP contribution in [0.3, 0.4) is 0 Å². The van der Waals surface area contributed by atoms with Crippen LogP contribution in [0.15, 0.2) is 41.0 Å². The fraction of sp³-hybridized carbons (Fsp3) is 0.200. The summed E-state index contributed by atoms with van der Waals surface area (Å²) in [6.07, 6.45) is 2.04. The molecule has 0 saturated carbocycles. The molecule has 1 aromatic heterocycles. The van der Waals surface area contributed by atoms with Gasteiger partial charge in [0.1, 0.15) is 5.75 Å². The van der Waals surface area contributed by atoms with Crippen molar-refractivity contribution >= 4 is 21.7 Å². The lowest BCUT2D eigenvalue weighted by Gasteiger charge is -2.08. The molecule has 0 aliphatic heterocycles. The SMILES string of the molecule is COc1cc(Br)ccc1C(=O)Cc1ccc(C)cn1. The van der Waals surface area contributed by atoms with Gasteiger partial charge in [-0.05, 0) is 36.8 Å². The summed E-state index contributed by atoms with van der Waals surface area (Å²) in [5.41, 5.74) is 2.42. The van der Waals surface area contributed by atoms with Crippen LogP contribution < -0.4 is 4.74 Å². The third kappa shape index (κ3) is 3.41. The summed E-state index contributed by atoms with van der Waals surface area (Å²) in [5, 5.41) is 0. The van der Waals surface area contributed by atoms with Gasteiger partial charge >= 0.3 is 0 Å². The number of benzene rings is 1. The van der Waals surface area contributed by atoms with Gasteiger partial charge in [-0.3, -0.25) is 9.78 Å². The van der Waals surface area contributed by atoms with Gasteiger partial charge in [-0.25, -0.2) is 0 Å². The van der Waals surface area contributed by atoms with Crippen molar-refractivity contribution in [2.45, 2.75) is 13.3 Å². The van der Waals surface area contributed by atoms with E-state index in [1.807, 2.05) is 25.1 Å². The average molecular weight is 320 g/mol. The topological polar surface area (TPSA) is 39.2 Å². The minimum absolute atomic E-state index is 0.000651. The highest BCUT2D eigenvalue weighted by Crippen LogP contribution is 2.24. The van der Waals surface area contributed by atoms with Crippen LogP contribution in [0.1, 0.15) is 21.6 Å². The maximum atomic E-state index is 12.3. The highest BCUT2D eigenvalue weighted by Gasteiger charge is 2.13. The van der Waals surface area contributed by atoms with E-state index >= 15 is 0 Å². The Kier molecular flexibility index (Phi) is 4.32. The van der Waals surface area contributed by atoms with Crippen molar-refractivity contribution < 1.29 is 9.53 Å². The van der Waals surface area contributed by atoms with Crippen molar-refractivity contribution in [3.63, 3.8) is 0 Å². The highest BCUT2D eigenvalue weighted by molar-refractivity contribution is 9.10. The smallest absolute Gasteiger partial charge is 0.172 e. The number of carbonyl (C=O) groups excluding carboxylic acids is 1. The van der Waals surface area contributed by atoms with Crippen LogP contribution in [0, 0.1) is 6.92 Å². The van der Waals surface area contributed by atoms with E-state index in [0.717, 1.165) is 15.7 Å². The normalized spacial score (nSPS) is 10.3. The van der Waals surface area contributed by atoms with Gasteiger partial charge in [0, 0.05) is 16.4 Å². The van der Waals surface area contributed by atoms with Crippen molar-refractivity contribution in [3.8, 4) is 5.75 Å². The number of Topliss-reactive ketones (excluding diaryl/α,β-unsaturated/α-hetero) is 1. The first kappa shape index (κ1) is 13.7. The summed E-state index contributed by atoms with van der Waals surface area (Å²) < 4.78 is 6.12. The Balaban J connectivity index is 2.22. The van der Waals surface area contributed by atoms with Gasteiger partial charge in [0.2, 0.25) is 0 Å². The van der Waals surface area contributed by atoms with Gasteiger partial charge in [-0.2, -0.15) is 0 Å². The van der Waals surface area contributed by atoms with Crippen LogP contribution in [0.2, 0.25) is 0 Å². The number of aromatic nitrogens is 1. The molecule has 98 valence electrons. The van der Waals surface area contributed by atoms with Crippen LogP contribution >= 0.6 is 15.9 Å². The van der Waals surface area contributed by atoms with Gasteiger partial charge in [0.25, 0.3) is 0 Å². The number of nitrogens with zero attached hydrogens (tertiary/aromatic N) is 1. The summed E-state index contributed by atoms with van der Waals surface area (Å²) in [6.45, 7) is 1.97. The molecule has 0 bridgehead atoms. The number of ether oxygens (including phenoxy) is 1. The van der Waals surface area contributed by atoms with Gasteiger partial charge in [-0.15, -0.1) is 0 Å². The summed E-state index contributed by atoms with van der Waals surface area (Å²) in [4.78, 5) is 16.5. The molecular weight excluding hydrogens is 306 g/mol. The standard InChI is InChI=1S/C15H14BrNO2/c1-10-3-5-12(17-9-10)8-14(18)13-6-4-11(16)7-15(13)19-2/h3-7,9H,8H2,1-2H3. The summed E-state index contributed by atoms with van der Waals surface area (Å²) in [5.74, 6) is 0.576. The fourth-order valence-electron chi connectivity index (χ4n) is 1.76. The van der Waals surface area contributed by atoms with Crippen molar-refractivity contribution in [1.29, 1.82) is 0 Å². The second-order valence-electron chi connectivity index (χ2n) is 4.27. The Bertz CT molecular complexity index is 594. The van der Waals surface area contributed by atoms with E-state index in [-0.39, 0.29) is 12.2 Å². The Morgan fingerprint density at radius 3 is 2.74 bits per heavy atom. The monoisotopic (exact) mass is 319 g/mol. The van der Waals surface area contributed by atoms with E-state index in [2.05, 4.69) is 20.9 Å². The van der Waals surface area contributed by atoms with E-state index in [4.69, 9.17) is 4.74 Å². The van der Waals surface area contributed by atoms with Crippen molar-refractivity contribution in [3.05, 3.63) is 57.8 Å². The molecule has 0 atom stereocenters. The first-order valence-electron chi connectivity index (χ1n) is 5.88. The van der Waals surface area contributed by atoms with Crippen molar-refractivity contribution in [2.75, 3.05) is 7.11 Å². The van der Waals surface area contributed by atoms with Gasteiger partial charge in [0.05, 0.1) is 19.1 Å². The molecule has 0 unspecified atom stereocenters. The van der Waals surface area contributed by atoms with E-state index in [1.165, 1.54) is 0 Å². The maximum absolute atomic E-state index is 12.3. The summed E-state index contributed by atoms with van der Waals surface area (Å²) in [6, 6.07) is 9.21. The van der Waals surface area contributed by atoms with Gasteiger partial charge < -0.3 is 4.74 Å². The van der Waals surface area contributed by atoms with E-state index in [1.54, 1.807) is 25.4 Å². The molecule has 2 aromatic rings. The number of hydrogen-bond donors (Lipinski definition) is 0. The third-order valence-corrected chi connectivity index (χ3v) is 3.27. The first-order valence-corrected chi connectivity index (χ1v) is 6.67. The molecule has 19 heavy (non-hydrogen) atoms. The fourth-order valence-corrected chi connectivity index (χ4v) is 2.10. The molecule has 1 aromatic carbocycles. The molecule has 4 heteroatoms. The largest absolute Gasteiger partial charge is 0.496 e. The zero-order chi connectivity index (χ0) is 13.8. The highest BCUT2D eigenvalue weighted by atomic mass is 79.9. The van der Waals surface area contributed by atoms with E-state index < -0.39 is 0 Å². The number of ketones is 1. The number of methoxy groups -OCH3 is 1. The number of aryl methyl sites for hydroxylation is 1. The zero-order valence-corrected chi connectivity index (χ0v) is 12.4. The first-order chi connectivity index (χ1) is 9.10. The Labute approximate surface area is 120 Å². The third-order valence-electron chi connectivity index (χ3n) is 2.78. The van der Waals surface area contributed by atoms with Crippen LogP contribution in [-0.2, 0) is 6.42 Å². The van der Waals surface area contributed by atoms with Crippen LogP contribution in [0.25, 0.3) is 0 Å². The molecule has 0 amide bonds. The van der Waals surface area contributed by atoms with E-state index in [9.17, 15) is 4.79 Å². The maximum Gasteiger partial charge on any atom is 0.172 e. The quantitative estimate of drug-likeness (QED) is 0.808. The molecular formula is C15H14BrNO2. The molecule has 0 radical (unpaired) electrons. The minimum atomic E-state index is 0.000651. The lowest BCUT2D eigenvalue weighted by atomic mass is 10.0.